The molecule has 0 heterocycles. The molecule has 0 saturated carbocycles. The fraction of sp³-hybridized carbons (Fsp3) is 0.500. The lowest BCUT2D eigenvalue weighted by Gasteiger charge is -2.16. The molecule has 5 heteroatoms. The number of methoxy groups -OCH3 is 1. The van der Waals surface area contributed by atoms with Gasteiger partial charge in [-0.15, -0.1) is 0 Å². The van der Waals surface area contributed by atoms with Crippen molar-refractivity contribution < 1.29 is 19.1 Å². The summed E-state index contributed by atoms with van der Waals surface area (Å²) in [5.74, 6) is 0.550. The number of benzene rings is 1. The van der Waals surface area contributed by atoms with E-state index < -0.39 is 0 Å². The Kier molecular flexibility index (Phi) is 7.29. The van der Waals surface area contributed by atoms with Gasteiger partial charge in [-0.05, 0) is 25.0 Å². The van der Waals surface area contributed by atoms with Gasteiger partial charge in [0, 0.05) is 20.0 Å². The third kappa shape index (κ3) is 6.29. The van der Waals surface area contributed by atoms with E-state index in [1.165, 1.54) is 7.11 Å². The maximum atomic E-state index is 11.8. The fourth-order valence-electron chi connectivity index (χ4n) is 1.80. The maximum absolute atomic E-state index is 11.8. The van der Waals surface area contributed by atoms with Gasteiger partial charge in [-0.25, -0.2) is 0 Å². The molecule has 1 aromatic carbocycles. The van der Waals surface area contributed by atoms with Crippen molar-refractivity contribution in [1.82, 2.24) is 4.90 Å². The third-order valence-corrected chi connectivity index (χ3v) is 3.19. The molecule has 21 heavy (non-hydrogen) atoms. The minimum Gasteiger partial charge on any atom is -0.493 e. The minimum atomic E-state index is -0.308. The molecule has 1 amide bonds. The zero-order valence-corrected chi connectivity index (χ0v) is 12.9. The van der Waals surface area contributed by atoms with Gasteiger partial charge in [0.05, 0.1) is 20.1 Å². The topological polar surface area (TPSA) is 55.8 Å². The molecule has 0 aliphatic rings. The highest BCUT2D eigenvalue weighted by molar-refractivity contribution is 5.77. The van der Waals surface area contributed by atoms with Crippen LogP contribution in [0, 0.1) is 6.92 Å². The summed E-state index contributed by atoms with van der Waals surface area (Å²) in [6, 6.07) is 7.79. The summed E-state index contributed by atoms with van der Waals surface area (Å²) in [5.41, 5.74) is 1.08. The Morgan fingerprint density at radius 3 is 2.57 bits per heavy atom. The van der Waals surface area contributed by atoms with Crippen LogP contribution in [-0.4, -0.2) is 44.1 Å². The first-order valence-electron chi connectivity index (χ1n) is 7.03. The van der Waals surface area contributed by atoms with Crippen LogP contribution in [0.2, 0.25) is 0 Å². The molecule has 5 nitrogen and oxygen atoms in total. The van der Waals surface area contributed by atoms with Crippen LogP contribution in [0.4, 0.5) is 0 Å². The van der Waals surface area contributed by atoms with Crippen LogP contribution in [0.3, 0.4) is 0 Å². The Morgan fingerprint density at radius 1 is 1.19 bits per heavy atom. The highest BCUT2D eigenvalue weighted by Gasteiger charge is 2.10. The SMILES string of the molecule is COC(=O)CCN(C)C(=O)CCCOc1ccccc1C. The number of amides is 1. The highest BCUT2D eigenvalue weighted by atomic mass is 16.5. The van der Waals surface area contributed by atoms with Crippen molar-refractivity contribution in [3.8, 4) is 5.75 Å². The summed E-state index contributed by atoms with van der Waals surface area (Å²) in [6.07, 6.45) is 1.28. The molecule has 0 N–H and O–H groups in total. The Bertz CT molecular complexity index is 473. The molecule has 0 spiro atoms. The molecule has 0 saturated heterocycles. The first kappa shape index (κ1) is 17.0. The summed E-state index contributed by atoms with van der Waals surface area (Å²) in [7, 11) is 3.03. The molecule has 0 aromatic heterocycles. The second kappa shape index (κ2) is 9.00. The number of hydrogen-bond donors (Lipinski definition) is 0. The maximum Gasteiger partial charge on any atom is 0.307 e. The number of para-hydroxylation sites is 1. The molecule has 0 bridgehead atoms. The number of ether oxygens (including phenoxy) is 2. The average molecular weight is 293 g/mol. The summed E-state index contributed by atoms with van der Waals surface area (Å²) in [4.78, 5) is 24.4. The molecule has 0 fully saturated rings. The predicted molar refractivity (Wildman–Crippen MR) is 80.2 cm³/mol. The number of rotatable bonds is 8. The first-order valence-corrected chi connectivity index (χ1v) is 7.03. The highest BCUT2D eigenvalue weighted by Crippen LogP contribution is 2.16. The second-order valence-corrected chi connectivity index (χ2v) is 4.86. The lowest BCUT2D eigenvalue weighted by molar-refractivity contribution is -0.141. The molecule has 116 valence electrons. The number of esters is 1. The van der Waals surface area contributed by atoms with Crippen LogP contribution in [0.15, 0.2) is 24.3 Å². The smallest absolute Gasteiger partial charge is 0.307 e. The fourth-order valence-corrected chi connectivity index (χ4v) is 1.80. The number of nitrogens with zero attached hydrogens (tertiary/aromatic N) is 1. The van der Waals surface area contributed by atoms with Gasteiger partial charge in [-0.1, -0.05) is 18.2 Å². The van der Waals surface area contributed by atoms with Crippen LogP contribution in [0.25, 0.3) is 0 Å². The van der Waals surface area contributed by atoms with Crippen molar-refractivity contribution in [3.63, 3.8) is 0 Å². The summed E-state index contributed by atoms with van der Waals surface area (Å²) >= 11 is 0. The van der Waals surface area contributed by atoms with Gasteiger partial charge in [0.1, 0.15) is 5.75 Å². The number of carbonyl (C=O) groups is 2. The van der Waals surface area contributed by atoms with E-state index in [4.69, 9.17) is 4.74 Å². The molecular weight excluding hydrogens is 270 g/mol. The summed E-state index contributed by atoms with van der Waals surface area (Å²) < 4.78 is 10.2. The molecule has 1 aromatic rings. The minimum absolute atomic E-state index is 0.00675. The van der Waals surface area contributed by atoms with E-state index in [1.54, 1.807) is 11.9 Å². The van der Waals surface area contributed by atoms with Crippen molar-refractivity contribution >= 4 is 11.9 Å². The van der Waals surface area contributed by atoms with E-state index in [0.29, 0.717) is 26.0 Å². The van der Waals surface area contributed by atoms with Crippen molar-refractivity contribution in [2.24, 2.45) is 0 Å². The van der Waals surface area contributed by atoms with Gasteiger partial charge in [0.25, 0.3) is 0 Å². The third-order valence-electron chi connectivity index (χ3n) is 3.19. The largest absolute Gasteiger partial charge is 0.493 e. The molecule has 0 atom stereocenters. The van der Waals surface area contributed by atoms with Crippen LogP contribution < -0.4 is 4.74 Å². The first-order chi connectivity index (χ1) is 10.0. The van der Waals surface area contributed by atoms with Crippen molar-refractivity contribution in [2.45, 2.75) is 26.2 Å². The van der Waals surface area contributed by atoms with Crippen molar-refractivity contribution in [3.05, 3.63) is 29.8 Å². The van der Waals surface area contributed by atoms with E-state index in [9.17, 15) is 9.59 Å². The molecule has 0 radical (unpaired) electrons. The van der Waals surface area contributed by atoms with Crippen LogP contribution in [-0.2, 0) is 14.3 Å². The van der Waals surface area contributed by atoms with E-state index in [0.717, 1.165) is 11.3 Å². The van der Waals surface area contributed by atoms with E-state index >= 15 is 0 Å². The Balaban J connectivity index is 2.21. The Labute approximate surface area is 125 Å². The Morgan fingerprint density at radius 2 is 1.90 bits per heavy atom. The van der Waals surface area contributed by atoms with Gasteiger partial charge in [0.15, 0.2) is 0 Å². The van der Waals surface area contributed by atoms with Gasteiger partial charge in [-0.2, -0.15) is 0 Å². The number of carbonyl (C=O) groups excluding carboxylic acids is 2. The summed E-state index contributed by atoms with van der Waals surface area (Å²) in [6.45, 7) is 2.87. The van der Waals surface area contributed by atoms with Crippen molar-refractivity contribution in [1.29, 1.82) is 0 Å². The molecule has 0 aliphatic heterocycles. The number of aryl methyl sites for hydroxylation is 1. The average Bonchev–Trinajstić information content (AvgIpc) is 2.50. The van der Waals surface area contributed by atoms with Crippen molar-refractivity contribution in [2.75, 3.05) is 27.3 Å². The lowest BCUT2D eigenvalue weighted by atomic mass is 10.2. The van der Waals surface area contributed by atoms with Gasteiger partial charge >= 0.3 is 5.97 Å². The monoisotopic (exact) mass is 293 g/mol. The number of hydrogen-bond acceptors (Lipinski definition) is 4. The Hall–Kier alpha value is -2.04. The van der Waals surface area contributed by atoms with Crippen LogP contribution in [0.5, 0.6) is 5.75 Å². The van der Waals surface area contributed by atoms with E-state index in [2.05, 4.69) is 4.74 Å². The molecule has 1 rings (SSSR count). The van der Waals surface area contributed by atoms with Gasteiger partial charge in [-0.3, -0.25) is 9.59 Å². The quantitative estimate of drug-likeness (QED) is 0.544. The standard InChI is InChI=1S/C16H23NO4/c1-13-7-4-5-8-14(13)21-12-6-9-15(18)17(2)11-10-16(19)20-3/h4-5,7-8H,6,9-12H2,1-3H3. The van der Waals surface area contributed by atoms with Gasteiger partial charge in [0.2, 0.25) is 5.91 Å². The van der Waals surface area contributed by atoms with Crippen LogP contribution >= 0.6 is 0 Å². The van der Waals surface area contributed by atoms with Crippen LogP contribution in [0.1, 0.15) is 24.8 Å². The zero-order valence-electron chi connectivity index (χ0n) is 12.9. The molecule has 0 aliphatic carbocycles. The predicted octanol–water partition coefficient (Wildman–Crippen LogP) is 2.18. The molecular formula is C16H23NO4. The summed E-state index contributed by atoms with van der Waals surface area (Å²) in [5, 5.41) is 0. The lowest BCUT2D eigenvalue weighted by Crippen LogP contribution is -2.29. The van der Waals surface area contributed by atoms with E-state index in [-0.39, 0.29) is 18.3 Å². The zero-order chi connectivity index (χ0) is 15.7. The molecule has 0 unspecified atom stereocenters. The van der Waals surface area contributed by atoms with Gasteiger partial charge < -0.3 is 14.4 Å². The second-order valence-electron chi connectivity index (χ2n) is 4.86. The van der Waals surface area contributed by atoms with E-state index in [1.807, 2.05) is 31.2 Å². The normalized spacial score (nSPS) is 10.0.